The van der Waals surface area contributed by atoms with E-state index in [0.29, 0.717) is 15.7 Å². The predicted octanol–water partition coefficient (Wildman–Crippen LogP) is 3.42. The van der Waals surface area contributed by atoms with E-state index in [1.807, 2.05) is 0 Å². The lowest BCUT2D eigenvalue weighted by molar-refractivity contribution is -0.144. The number of hydrogen-bond acceptors (Lipinski definition) is 8. The molecule has 0 bridgehead atoms. The maximum atomic E-state index is 13.7. The summed E-state index contributed by atoms with van der Waals surface area (Å²) >= 11 is 2.07. The minimum atomic E-state index is -0.829. The van der Waals surface area contributed by atoms with Crippen LogP contribution in [0.5, 0.6) is 5.75 Å². The molecule has 1 saturated heterocycles. The number of thioether (sulfide) groups is 1. The molecule has 2 aromatic carbocycles. The molecular weight excluding hydrogens is 507 g/mol. The average molecular weight is 529 g/mol. The van der Waals surface area contributed by atoms with Crippen LogP contribution in [0, 0.1) is 11.7 Å². The van der Waals surface area contributed by atoms with Crippen molar-refractivity contribution < 1.29 is 28.2 Å². The van der Waals surface area contributed by atoms with Crippen LogP contribution < -0.4 is 14.5 Å². The number of benzene rings is 2. The van der Waals surface area contributed by atoms with E-state index in [0.717, 1.165) is 33.6 Å². The van der Waals surface area contributed by atoms with Gasteiger partial charge >= 0.3 is 10.8 Å². The van der Waals surface area contributed by atoms with Gasteiger partial charge in [0.25, 0.3) is 0 Å². The maximum absolute atomic E-state index is 13.7. The molecule has 11 heteroatoms. The van der Waals surface area contributed by atoms with Crippen LogP contribution in [0.15, 0.2) is 58.4 Å². The lowest BCUT2D eigenvalue weighted by Crippen LogP contribution is -2.32. The number of imide groups is 1. The first kappa shape index (κ1) is 24.3. The van der Waals surface area contributed by atoms with Gasteiger partial charge in [0.2, 0.25) is 11.8 Å². The molecular formula is C25H21FN2O6S2. The number of anilines is 1. The Kier molecular flexibility index (Phi) is 6.44. The lowest BCUT2D eigenvalue weighted by Gasteiger charge is -2.30. The molecule has 0 N–H and O–H groups in total. The van der Waals surface area contributed by atoms with E-state index < -0.39 is 40.7 Å². The van der Waals surface area contributed by atoms with Crippen molar-refractivity contribution in [3.63, 3.8) is 0 Å². The van der Waals surface area contributed by atoms with E-state index in [2.05, 4.69) is 0 Å². The van der Waals surface area contributed by atoms with Crippen molar-refractivity contribution in [1.29, 1.82) is 0 Å². The number of ether oxygens (including phenoxy) is 2. The Morgan fingerprint density at radius 2 is 1.72 bits per heavy atom. The van der Waals surface area contributed by atoms with Crippen molar-refractivity contribution in [3.05, 3.63) is 74.5 Å². The summed E-state index contributed by atoms with van der Waals surface area (Å²) in [5.74, 6) is -2.68. The Bertz CT molecular complexity index is 1400. The van der Waals surface area contributed by atoms with Crippen LogP contribution in [-0.4, -0.2) is 41.3 Å². The van der Waals surface area contributed by atoms with Gasteiger partial charge in [0.05, 0.1) is 30.3 Å². The Hall–Kier alpha value is -3.44. The normalized spacial score (nSPS) is 20.8. The third-order valence-electron chi connectivity index (χ3n) is 6.20. The number of thiazole rings is 1. The maximum Gasteiger partial charge on any atom is 0.326 e. The largest absolute Gasteiger partial charge is 0.497 e. The molecule has 0 aliphatic carbocycles. The number of aromatic nitrogens is 1. The van der Waals surface area contributed by atoms with Crippen LogP contribution >= 0.6 is 23.1 Å². The SMILES string of the molecule is CCOC(=O)Cn1c2c(sc1=O)[C@H](c1ccc(OC)cc1)C1C(=O)N(c3ccc(F)cc3)C(=O)C1S2. The fourth-order valence-corrected chi connectivity index (χ4v) is 7.38. The summed E-state index contributed by atoms with van der Waals surface area (Å²) in [6.45, 7) is 1.56. The third kappa shape index (κ3) is 4.01. The Morgan fingerprint density at radius 3 is 2.36 bits per heavy atom. The number of carbonyl (C=O) groups excluding carboxylic acids is 3. The average Bonchev–Trinajstić information content (AvgIpc) is 3.31. The summed E-state index contributed by atoms with van der Waals surface area (Å²) in [6, 6.07) is 12.3. The zero-order chi connectivity index (χ0) is 25.6. The molecule has 3 atom stereocenters. The molecule has 8 nitrogen and oxygen atoms in total. The van der Waals surface area contributed by atoms with Gasteiger partial charge in [-0.15, -0.1) is 0 Å². The number of nitrogens with zero attached hydrogens (tertiary/aromatic N) is 2. The van der Waals surface area contributed by atoms with E-state index in [-0.39, 0.29) is 23.7 Å². The van der Waals surface area contributed by atoms with Crippen LogP contribution in [0.4, 0.5) is 10.1 Å². The highest BCUT2D eigenvalue weighted by molar-refractivity contribution is 8.00. The minimum absolute atomic E-state index is 0.172. The third-order valence-corrected chi connectivity index (χ3v) is 8.81. The van der Waals surface area contributed by atoms with Gasteiger partial charge in [-0.3, -0.25) is 23.7 Å². The van der Waals surface area contributed by atoms with Crippen molar-refractivity contribution in [2.24, 2.45) is 5.92 Å². The van der Waals surface area contributed by atoms with E-state index >= 15 is 0 Å². The first-order valence-electron chi connectivity index (χ1n) is 11.2. The van der Waals surface area contributed by atoms with E-state index in [1.165, 1.54) is 28.8 Å². The number of hydrogen-bond donors (Lipinski definition) is 0. The smallest absolute Gasteiger partial charge is 0.326 e. The Labute approximate surface area is 213 Å². The molecule has 0 spiro atoms. The topological polar surface area (TPSA) is 94.9 Å². The number of halogens is 1. The number of methoxy groups -OCH3 is 1. The molecule has 186 valence electrons. The van der Waals surface area contributed by atoms with Gasteiger partial charge in [0, 0.05) is 10.8 Å². The monoisotopic (exact) mass is 528 g/mol. The van der Waals surface area contributed by atoms with E-state index in [1.54, 1.807) is 38.3 Å². The second-order valence-electron chi connectivity index (χ2n) is 8.23. The number of amides is 2. The van der Waals surface area contributed by atoms with Crippen LogP contribution in [0.25, 0.3) is 0 Å². The Morgan fingerprint density at radius 1 is 1.03 bits per heavy atom. The highest BCUT2D eigenvalue weighted by atomic mass is 32.2. The summed E-state index contributed by atoms with van der Waals surface area (Å²) in [5.41, 5.74) is 1.01. The van der Waals surface area contributed by atoms with Gasteiger partial charge in [0.1, 0.15) is 23.4 Å². The van der Waals surface area contributed by atoms with Crippen LogP contribution in [0.2, 0.25) is 0 Å². The van der Waals surface area contributed by atoms with Crippen molar-refractivity contribution in [3.8, 4) is 5.75 Å². The number of esters is 1. The molecule has 2 amide bonds. The van der Waals surface area contributed by atoms with Crippen LogP contribution in [0.3, 0.4) is 0 Å². The summed E-state index contributed by atoms with van der Waals surface area (Å²) in [5, 5.41) is -0.355. The zero-order valence-corrected chi connectivity index (χ0v) is 20.9. The lowest BCUT2D eigenvalue weighted by atomic mass is 9.83. The molecule has 36 heavy (non-hydrogen) atoms. The van der Waals surface area contributed by atoms with Crippen molar-refractivity contribution in [1.82, 2.24) is 4.57 Å². The minimum Gasteiger partial charge on any atom is -0.497 e. The summed E-state index contributed by atoms with van der Waals surface area (Å²) < 4.78 is 25.1. The summed E-state index contributed by atoms with van der Waals surface area (Å²) in [4.78, 5) is 53.8. The molecule has 0 saturated carbocycles. The van der Waals surface area contributed by atoms with Gasteiger partial charge in [-0.05, 0) is 48.9 Å². The first-order valence-corrected chi connectivity index (χ1v) is 12.9. The van der Waals surface area contributed by atoms with Crippen molar-refractivity contribution in [2.45, 2.75) is 29.7 Å². The highest BCUT2D eigenvalue weighted by Gasteiger charge is 2.56. The standard InChI is InChI=1S/C25H21FN2O6S2/c1-3-34-17(29)12-27-24-21(36-25(27)32)18(13-4-10-16(33-2)11-5-13)19-20(35-24)23(31)28(22(19)30)15-8-6-14(26)7-9-15/h4-11,18-20H,3,12H2,1-2H3/t18-,19?,20?/m1/s1. The van der Waals surface area contributed by atoms with E-state index in [4.69, 9.17) is 9.47 Å². The summed E-state index contributed by atoms with van der Waals surface area (Å²) in [7, 11) is 1.54. The van der Waals surface area contributed by atoms with Crippen LogP contribution in [0.1, 0.15) is 23.3 Å². The van der Waals surface area contributed by atoms with Gasteiger partial charge < -0.3 is 9.47 Å². The predicted molar refractivity (Wildman–Crippen MR) is 132 cm³/mol. The van der Waals surface area contributed by atoms with Gasteiger partial charge in [-0.25, -0.2) is 9.29 Å². The second-order valence-corrected chi connectivity index (χ2v) is 10.4. The van der Waals surface area contributed by atoms with Crippen molar-refractivity contribution >= 4 is 46.6 Å². The summed E-state index contributed by atoms with van der Waals surface area (Å²) in [6.07, 6.45) is 0. The molecule has 1 fully saturated rings. The van der Waals surface area contributed by atoms with Crippen molar-refractivity contribution in [2.75, 3.05) is 18.6 Å². The molecule has 5 rings (SSSR count). The first-order chi connectivity index (χ1) is 17.3. The van der Waals surface area contributed by atoms with Gasteiger partial charge in [-0.2, -0.15) is 0 Å². The van der Waals surface area contributed by atoms with Gasteiger partial charge in [0.15, 0.2) is 0 Å². The Balaban J connectivity index is 1.63. The zero-order valence-electron chi connectivity index (χ0n) is 19.3. The van der Waals surface area contributed by atoms with E-state index in [9.17, 15) is 23.6 Å². The fourth-order valence-electron chi connectivity index (χ4n) is 4.61. The molecule has 0 radical (unpaired) electrons. The molecule has 3 aromatic rings. The molecule has 3 heterocycles. The number of carbonyl (C=O) groups is 3. The number of fused-ring (bicyclic) bond motifs is 2. The van der Waals surface area contributed by atoms with Gasteiger partial charge in [-0.1, -0.05) is 35.2 Å². The molecule has 2 aliphatic rings. The highest BCUT2D eigenvalue weighted by Crippen LogP contribution is 2.54. The van der Waals surface area contributed by atoms with Crippen LogP contribution in [-0.2, 0) is 25.7 Å². The second kappa shape index (κ2) is 9.55. The molecule has 2 unspecified atom stereocenters. The molecule has 2 aliphatic heterocycles. The fraction of sp³-hybridized carbons (Fsp3) is 0.280. The number of rotatable bonds is 6. The quantitative estimate of drug-likeness (QED) is 0.357. The molecule has 1 aromatic heterocycles.